The van der Waals surface area contributed by atoms with E-state index in [0.29, 0.717) is 12.2 Å². The molecule has 0 bridgehead atoms. The molecule has 4 nitrogen and oxygen atoms in total. The van der Waals surface area contributed by atoms with E-state index in [0.717, 1.165) is 5.56 Å². The highest BCUT2D eigenvalue weighted by atomic mass is 16.4. The van der Waals surface area contributed by atoms with Gasteiger partial charge in [0.15, 0.2) is 0 Å². The zero-order valence-corrected chi connectivity index (χ0v) is 8.00. The van der Waals surface area contributed by atoms with Gasteiger partial charge in [-0.15, -0.1) is 0 Å². The molecule has 0 saturated heterocycles. The average molecular weight is 202 g/mol. The molecular formula is C11H10N2O2. The van der Waals surface area contributed by atoms with Crippen LogP contribution in [0.4, 0.5) is 0 Å². The van der Waals surface area contributed by atoms with Crippen LogP contribution in [-0.4, -0.2) is 20.6 Å². The average Bonchev–Trinajstić information content (AvgIpc) is 2.67. The van der Waals surface area contributed by atoms with Gasteiger partial charge in [0, 0.05) is 25.1 Å². The maximum Gasteiger partial charge on any atom is 0.352 e. The number of carboxylic acid groups (broad SMARTS) is 1. The van der Waals surface area contributed by atoms with Gasteiger partial charge in [0.2, 0.25) is 0 Å². The van der Waals surface area contributed by atoms with Gasteiger partial charge in [-0.05, 0) is 23.8 Å². The fourth-order valence-corrected chi connectivity index (χ4v) is 1.43. The standard InChI is InChI=1S/C11H10N2O2/c14-11(15)10-4-2-6-13(10)8-9-3-1-5-12-7-9/h1-7H,8H2,(H,14,15). The molecular weight excluding hydrogens is 192 g/mol. The van der Waals surface area contributed by atoms with E-state index in [2.05, 4.69) is 4.98 Å². The molecule has 0 aromatic carbocycles. The van der Waals surface area contributed by atoms with Crippen molar-refractivity contribution in [3.8, 4) is 0 Å². The summed E-state index contributed by atoms with van der Waals surface area (Å²) in [5, 5.41) is 8.90. The number of hydrogen-bond acceptors (Lipinski definition) is 2. The van der Waals surface area contributed by atoms with Crippen molar-refractivity contribution in [2.45, 2.75) is 6.54 Å². The smallest absolute Gasteiger partial charge is 0.352 e. The van der Waals surface area contributed by atoms with Crippen LogP contribution in [0.25, 0.3) is 0 Å². The van der Waals surface area contributed by atoms with Gasteiger partial charge in [-0.3, -0.25) is 4.98 Å². The van der Waals surface area contributed by atoms with Crippen molar-refractivity contribution in [1.29, 1.82) is 0 Å². The van der Waals surface area contributed by atoms with Gasteiger partial charge in [0.1, 0.15) is 5.69 Å². The maximum absolute atomic E-state index is 10.8. The largest absolute Gasteiger partial charge is 0.477 e. The highest BCUT2D eigenvalue weighted by Gasteiger charge is 2.08. The summed E-state index contributed by atoms with van der Waals surface area (Å²) >= 11 is 0. The molecule has 0 atom stereocenters. The Kier molecular flexibility index (Phi) is 2.49. The third kappa shape index (κ3) is 2.04. The second-order valence-corrected chi connectivity index (χ2v) is 3.19. The fraction of sp³-hybridized carbons (Fsp3) is 0.0909. The van der Waals surface area contributed by atoms with E-state index in [1.807, 2.05) is 12.1 Å². The highest BCUT2D eigenvalue weighted by Crippen LogP contribution is 2.06. The van der Waals surface area contributed by atoms with Crippen LogP contribution in [0.15, 0.2) is 42.9 Å². The van der Waals surface area contributed by atoms with E-state index in [-0.39, 0.29) is 0 Å². The SMILES string of the molecule is O=C(O)c1cccn1Cc1cccnc1. The van der Waals surface area contributed by atoms with Gasteiger partial charge in [-0.25, -0.2) is 4.79 Å². The Hall–Kier alpha value is -2.10. The maximum atomic E-state index is 10.8. The zero-order chi connectivity index (χ0) is 10.7. The van der Waals surface area contributed by atoms with Crippen molar-refractivity contribution < 1.29 is 9.90 Å². The summed E-state index contributed by atoms with van der Waals surface area (Å²) in [4.78, 5) is 14.8. The molecule has 0 amide bonds. The molecule has 0 aliphatic carbocycles. The van der Waals surface area contributed by atoms with Crippen molar-refractivity contribution >= 4 is 5.97 Å². The van der Waals surface area contributed by atoms with Gasteiger partial charge in [-0.2, -0.15) is 0 Å². The zero-order valence-electron chi connectivity index (χ0n) is 8.00. The number of rotatable bonds is 3. The van der Waals surface area contributed by atoms with E-state index >= 15 is 0 Å². The molecule has 15 heavy (non-hydrogen) atoms. The van der Waals surface area contributed by atoms with Crippen molar-refractivity contribution in [1.82, 2.24) is 9.55 Å². The molecule has 0 aliphatic heterocycles. The number of pyridine rings is 1. The molecule has 0 aliphatic rings. The molecule has 4 heteroatoms. The minimum absolute atomic E-state index is 0.291. The van der Waals surface area contributed by atoms with Crippen LogP contribution in [0.3, 0.4) is 0 Å². The predicted octanol–water partition coefficient (Wildman–Crippen LogP) is 1.63. The Labute approximate surface area is 86.8 Å². The second kappa shape index (κ2) is 3.96. The van der Waals surface area contributed by atoms with Crippen LogP contribution in [0, 0.1) is 0 Å². The van der Waals surface area contributed by atoms with E-state index < -0.39 is 5.97 Å². The lowest BCUT2D eigenvalue weighted by Gasteiger charge is -2.05. The summed E-state index contributed by atoms with van der Waals surface area (Å²) in [6.45, 7) is 0.530. The molecule has 76 valence electrons. The van der Waals surface area contributed by atoms with Crippen molar-refractivity contribution in [2.75, 3.05) is 0 Å². The van der Waals surface area contributed by atoms with Crippen LogP contribution in [0.1, 0.15) is 16.1 Å². The van der Waals surface area contributed by atoms with E-state index in [4.69, 9.17) is 5.11 Å². The lowest BCUT2D eigenvalue weighted by atomic mass is 10.3. The number of nitrogens with zero attached hydrogens (tertiary/aromatic N) is 2. The van der Waals surface area contributed by atoms with Crippen LogP contribution >= 0.6 is 0 Å². The normalized spacial score (nSPS) is 10.1. The molecule has 0 spiro atoms. The van der Waals surface area contributed by atoms with Crippen molar-refractivity contribution in [3.63, 3.8) is 0 Å². The van der Waals surface area contributed by atoms with Gasteiger partial charge < -0.3 is 9.67 Å². The quantitative estimate of drug-likeness (QED) is 0.822. The summed E-state index contributed by atoms with van der Waals surface area (Å²) < 4.78 is 1.68. The van der Waals surface area contributed by atoms with Crippen LogP contribution < -0.4 is 0 Å². The molecule has 1 N–H and O–H groups in total. The topological polar surface area (TPSA) is 55.1 Å². The minimum Gasteiger partial charge on any atom is -0.477 e. The first-order valence-corrected chi connectivity index (χ1v) is 4.55. The van der Waals surface area contributed by atoms with Gasteiger partial charge >= 0.3 is 5.97 Å². The number of hydrogen-bond donors (Lipinski definition) is 1. The van der Waals surface area contributed by atoms with Crippen molar-refractivity contribution in [2.24, 2.45) is 0 Å². The molecule has 0 fully saturated rings. The number of aromatic carboxylic acids is 1. The number of carboxylic acids is 1. The van der Waals surface area contributed by atoms with Crippen LogP contribution in [-0.2, 0) is 6.54 Å². The fourth-order valence-electron chi connectivity index (χ4n) is 1.43. The molecule has 2 aromatic heterocycles. The van der Waals surface area contributed by atoms with Crippen molar-refractivity contribution in [3.05, 3.63) is 54.1 Å². The Balaban J connectivity index is 2.25. The Morgan fingerprint density at radius 2 is 2.27 bits per heavy atom. The minimum atomic E-state index is -0.913. The lowest BCUT2D eigenvalue weighted by Crippen LogP contribution is -2.08. The summed E-state index contributed by atoms with van der Waals surface area (Å²) in [6, 6.07) is 7.05. The highest BCUT2D eigenvalue weighted by molar-refractivity contribution is 5.85. The Bertz CT molecular complexity index is 462. The number of aromatic nitrogens is 2. The molecule has 2 heterocycles. The first-order valence-electron chi connectivity index (χ1n) is 4.55. The molecule has 0 saturated carbocycles. The van der Waals surface area contributed by atoms with Crippen LogP contribution in [0.2, 0.25) is 0 Å². The third-order valence-corrected chi connectivity index (χ3v) is 2.12. The molecule has 0 unspecified atom stereocenters. The Morgan fingerprint density at radius 3 is 2.93 bits per heavy atom. The second-order valence-electron chi connectivity index (χ2n) is 3.19. The summed E-state index contributed by atoms with van der Waals surface area (Å²) in [6.07, 6.45) is 5.17. The summed E-state index contributed by atoms with van der Waals surface area (Å²) in [7, 11) is 0. The molecule has 2 rings (SSSR count). The van der Waals surface area contributed by atoms with Gasteiger partial charge in [-0.1, -0.05) is 6.07 Å². The predicted molar refractivity (Wildman–Crippen MR) is 54.7 cm³/mol. The van der Waals surface area contributed by atoms with E-state index in [1.165, 1.54) is 0 Å². The molecule has 0 radical (unpaired) electrons. The van der Waals surface area contributed by atoms with E-state index in [1.54, 1.807) is 35.3 Å². The first kappa shape index (κ1) is 9.45. The van der Waals surface area contributed by atoms with Crippen LogP contribution in [0.5, 0.6) is 0 Å². The third-order valence-electron chi connectivity index (χ3n) is 2.12. The summed E-state index contributed by atoms with van der Waals surface area (Å²) in [5.41, 5.74) is 1.27. The molecule has 2 aromatic rings. The lowest BCUT2D eigenvalue weighted by molar-refractivity contribution is 0.0685. The Morgan fingerprint density at radius 1 is 1.40 bits per heavy atom. The summed E-state index contributed by atoms with van der Waals surface area (Å²) in [5.74, 6) is -0.913. The number of carbonyl (C=O) groups is 1. The van der Waals surface area contributed by atoms with Gasteiger partial charge in [0.05, 0.1) is 0 Å². The van der Waals surface area contributed by atoms with E-state index in [9.17, 15) is 4.79 Å². The van der Waals surface area contributed by atoms with Gasteiger partial charge in [0.25, 0.3) is 0 Å². The first-order chi connectivity index (χ1) is 7.27. The monoisotopic (exact) mass is 202 g/mol.